The molecule has 31 heavy (non-hydrogen) atoms. The monoisotopic (exact) mass is 421 g/mol. The number of ether oxygens (including phenoxy) is 1. The molecular weight excluding hydrogens is 398 g/mol. The van der Waals surface area contributed by atoms with Crippen LogP contribution in [0, 0.1) is 11.3 Å². The van der Waals surface area contributed by atoms with Crippen LogP contribution in [0.3, 0.4) is 0 Å². The first-order chi connectivity index (χ1) is 15.0. The second kappa shape index (κ2) is 8.71. The first-order valence-electron chi connectivity index (χ1n) is 10.1. The van der Waals surface area contributed by atoms with Crippen molar-refractivity contribution in [3.05, 3.63) is 52.6 Å². The molecule has 2 aromatic heterocycles. The van der Waals surface area contributed by atoms with Crippen LogP contribution in [0.25, 0.3) is 22.4 Å². The Morgan fingerprint density at radius 2 is 2.23 bits per heavy atom. The molecule has 1 aliphatic rings. The van der Waals surface area contributed by atoms with Crippen molar-refractivity contribution in [2.45, 2.75) is 25.0 Å². The van der Waals surface area contributed by atoms with E-state index in [1.807, 2.05) is 29.2 Å². The summed E-state index contributed by atoms with van der Waals surface area (Å²) in [5, 5.41) is 9.71. The second-order valence-electron chi connectivity index (χ2n) is 7.62. The van der Waals surface area contributed by atoms with Gasteiger partial charge in [0.25, 0.3) is 0 Å². The van der Waals surface area contributed by atoms with E-state index in [1.165, 1.54) is 4.57 Å². The van der Waals surface area contributed by atoms with Gasteiger partial charge in [-0.05, 0) is 36.2 Å². The molecule has 160 valence electrons. The number of nitrogens with two attached hydrogens (primary N) is 1. The maximum absolute atomic E-state index is 11.7. The smallest absolute Gasteiger partial charge is 0.408 e. The minimum atomic E-state index is -0.701. The zero-order chi connectivity index (χ0) is 22.0. The summed E-state index contributed by atoms with van der Waals surface area (Å²) in [7, 11) is 1.66. The lowest BCUT2D eigenvalue weighted by Crippen LogP contribution is -2.44. The van der Waals surface area contributed by atoms with Crippen LogP contribution in [0.2, 0.25) is 0 Å². The zero-order valence-corrected chi connectivity index (χ0v) is 17.2. The molecule has 1 fully saturated rings. The number of hydrogen-bond acceptors (Lipinski definition) is 7. The van der Waals surface area contributed by atoms with Crippen molar-refractivity contribution in [2.75, 3.05) is 19.7 Å². The average molecular weight is 421 g/mol. The van der Waals surface area contributed by atoms with Crippen LogP contribution < -0.4 is 11.5 Å². The van der Waals surface area contributed by atoms with Gasteiger partial charge in [-0.3, -0.25) is 19.2 Å². The molecule has 2 atom stereocenters. The summed E-state index contributed by atoms with van der Waals surface area (Å²) in [5.74, 6) is -0.919. The van der Waals surface area contributed by atoms with E-state index < -0.39 is 23.8 Å². The number of amides is 1. The van der Waals surface area contributed by atoms with E-state index in [4.69, 9.17) is 14.9 Å². The molecule has 0 saturated carbocycles. The van der Waals surface area contributed by atoms with Gasteiger partial charge in [-0.1, -0.05) is 6.07 Å². The van der Waals surface area contributed by atoms with Crippen LogP contribution in [0.15, 0.2) is 45.7 Å². The molecule has 9 nitrogen and oxygen atoms in total. The van der Waals surface area contributed by atoms with Gasteiger partial charge in [0.2, 0.25) is 5.91 Å². The van der Waals surface area contributed by atoms with Crippen LogP contribution in [-0.2, 0) is 23.0 Å². The maximum atomic E-state index is 11.7. The summed E-state index contributed by atoms with van der Waals surface area (Å²) < 4.78 is 12.1. The van der Waals surface area contributed by atoms with E-state index in [1.54, 1.807) is 19.3 Å². The number of nitriles is 1. The van der Waals surface area contributed by atoms with E-state index in [-0.39, 0.29) is 0 Å². The number of benzene rings is 1. The molecule has 0 radical (unpaired) electrons. The fourth-order valence-corrected chi connectivity index (χ4v) is 3.79. The van der Waals surface area contributed by atoms with Gasteiger partial charge < -0.3 is 14.9 Å². The number of rotatable bonds is 5. The lowest BCUT2D eigenvalue weighted by Gasteiger charge is -2.26. The lowest BCUT2D eigenvalue weighted by atomic mass is 10.0. The van der Waals surface area contributed by atoms with Gasteiger partial charge in [-0.2, -0.15) is 5.26 Å². The number of oxazole rings is 1. The van der Waals surface area contributed by atoms with Crippen LogP contribution in [-0.4, -0.2) is 52.2 Å². The van der Waals surface area contributed by atoms with E-state index in [9.17, 15) is 14.9 Å². The molecule has 1 aromatic carbocycles. The second-order valence-corrected chi connectivity index (χ2v) is 7.62. The van der Waals surface area contributed by atoms with Gasteiger partial charge in [-0.25, -0.2) is 4.79 Å². The number of aromatic nitrogens is 2. The van der Waals surface area contributed by atoms with Crippen molar-refractivity contribution in [3.8, 4) is 17.3 Å². The molecule has 1 amide bonds. The van der Waals surface area contributed by atoms with Gasteiger partial charge in [0.1, 0.15) is 12.1 Å². The Morgan fingerprint density at radius 3 is 2.94 bits per heavy atom. The lowest BCUT2D eigenvalue weighted by molar-refractivity contribution is -0.129. The molecule has 9 heteroatoms. The predicted molar refractivity (Wildman–Crippen MR) is 113 cm³/mol. The third kappa shape index (κ3) is 4.35. The highest BCUT2D eigenvalue weighted by Crippen LogP contribution is 2.23. The van der Waals surface area contributed by atoms with Gasteiger partial charge in [0.15, 0.2) is 5.58 Å². The van der Waals surface area contributed by atoms with Crippen molar-refractivity contribution in [2.24, 2.45) is 12.8 Å². The quantitative estimate of drug-likeness (QED) is 0.656. The first kappa shape index (κ1) is 20.8. The largest absolute Gasteiger partial charge is 0.419 e. The van der Waals surface area contributed by atoms with Gasteiger partial charge in [0, 0.05) is 44.9 Å². The molecular formula is C22H23N5O4. The third-order valence-corrected chi connectivity index (χ3v) is 5.56. The highest BCUT2D eigenvalue weighted by atomic mass is 16.5. The Kier molecular flexibility index (Phi) is 5.84. The molecule has 1 saturated heterocycles. The van der Waals surface area contributed by atoms with Crippen molar-refractivity contribution < 1.29 is 13.9 Å². The maximum Gasteiger partial charge on any atom is 0.419 e. The van der Waals surface area contributed by atoms with Crippen molar-refractivity contribution in [3.63, 3.8) is 0 Å². The Bertz CT molecular complexity index is 1190. The topological polar surface area (TPSA) is 127 Å². The summed E-state index contributed by atoms with van der Waals surface area (Å²) in [6.07, 6.45) is 2.26. The number of fused-ring (bicyclic) bond motifs is 1. The highest BCUT2D eigenvalue weighted by Gasteiger charge is 2.28. The molecule has 0 aliphatic carbocycles. The number of primary amides is 1. The number of aryl methyl sites for hydroxylation is 1. The molecule has 0 spiro atoms. The minimum Gasteiger partial charge on any atom is -0.408 e. The molecule has 2 N–H and O–H groups in total. The van der Waals surface area contributed by atoms with Crippen LogP contribution in [0.5, 0.6) is 0 Å². The summed E-state index contributed by atoms with van der Waals surface area (Å²) in [6, 6.07) is 11.2. The SMILES string of the molecule is Cn1c(=O)oc2ccc(-c3ccc(C[C@H](C#N)N4CCCO[C@H](C(N)=O)C4)cn3)cc21. The van der Waals surface area contributed by atoms with Gasteiger partial charge in [0.05, 0.1) is 17.3 Å². The number of carbonyl (C=O) groups is 1. The van der Waals surface area contributed by atoms with E-state index in [0.29, 0.717) is 37.2 Å². The summed E-state index contributed by atoms with van der Waals surface area (Å²) >= 11 is 0. The number of hydrogen-bond donors (Lipinski definition) is 1. The van der Waals surface area contributed by atoms with Gasteiger partial charge >= 0.3 is 5.76 Å². The van der Waals surface area contributed by atoms with E-state index >= 15 is 0 Å². The van der Waals surface area contributed by atoms with Gasteiger partial charge in [-0.15, -0.1) is 0 Å². The van der Waals surface area contributed by atoms with Crippen molar-refractivity contribution in [1.29, 1.82) is 5.26 Å². The Balaban J connectivity index is 1.51. The number of nitrogens with zero attached hydrogens (tertiary/aromatic N) is 4. The average Bonchev–Trinajstić information content (AvgIpc) is 2.94. The Morgan fingerprint density at radius 1 is 1.39 bits per heavy atom. The molecule has 1 aliphatic heterocycles. The van der Waals surface area contributed by atoms with Crippen molar-refractivity contribution >= 4 is 17.0 Å². The standard InChI is InChI=1S/C22H23N5O4/c1-26-18-10-15(4-6-19(18)31-22(26)29)17-5-3-14(12-25-17)9-16(11-23)27-7-2-8-30-20(13-27)21(24)28/h3-6,10,12,16,20H,2,7-9,13H2,1H3,(H2,24,28)/t16-,20+/m1/s1. The van der Waals surface area contributed by atoms with Crippen LogP contribution in [0.4, 0.5) is 0 Å². The van der Waals surface area contributed by atoms with E-state index in [2.05, 4.69) is 11.1 Å². The Hall–Kier alpha value is -3.48. The number of carbonyl (C=O) groups excluding carboxylic acids is 1. The Labute approximate surface area is 178 Å². The molecule has 4 rings (SSSR count). The predicted octanol–water partition coefficient (Wildman–Crippen LogP) is 1.20. The number of pyridine rings is 1. The molecule has 0 bridgehead atoms. The molecule has 0 unspecified atom stereocenters. The fraction of sp³-hybridized carbons (Fsp3) is 0.364. The van der Waals surface area contributed by atoms with E-state index in [0.717, 1.165) is 23.2 Å². The normalized spacial score (nSPS) is 18.4. The minimum absolute atomic E-state index is 0.308. The highest BCUT2D eigenvalue weighted by molar-refractivity contribution is 5.80. The summed E-state index contributed by atoms with van der Waals surface area (Å²) in [6.45, 7) is 1.42. The van der Waals surface area contributed by atoms with Crippen LogP contribution in [0.1, 0.15) is 12.0 Å². The summed E-state index contributed by atoms with van der Waals surface area (Å²) in [4.78, 5) is 29.7. The molecule has 3 heterocycles. The van der Waals surface area contributed by atoms with Crippen molar-refractivity contribution in [1.82, 2.24) is 14.5 Å². The zero-order valence-electron chi connectivity index (χ0n) is 17.2. The first-order valence-corrected chi connectivity index (χ1v) is 10.1. The fourth-order valence-electron chi connectivity index (χ4n) is 3.79. The molecule has 3 aromatic rings. The summed E-state index contributed by atoms with van der Waals surface area (Å²) in [5.41, 5.74) is 9.16. The third-order valence-electron chi connectivity index (χ3n) is 5.56. The van der Waals surface area contributed by atoms with Crippen LogP contribution >= 0.6 is 0 Å².